The van der Waals surface area contributed by atoms with Gasteiger partial charge < -0.3 is 20.6 Å². The van der Waals surface area contributed by atoms with Crippen LogP contribution >= 0.6 is 0 Å². The lowest BCUT2D eigenvalue weighted by molar-refractivity contribution is 0.727. The highest BCUT2D eigenvalue weighted by atomic mass is 16.1. The molecule has 3 aromatic rings. The smallest absolute Gasteiger partial charge is 0.258 e. The Hall–Kier alpha value is -2.83. The number of anilines is 2. The van der Waals surface area contributed by atoms with Crippen molar-refractivity contribution in [3.8, 4) is 0 Å². The van der Waals surface area contributed by atoms with Crippen LogP contribution in [0.5, 0.6) is 0 Å². The fourth-order valence-corrected chi connectivity index (χ4v) is 2.02. The van der Waals surface area contributed by atoms with Crippen molar-refractivity contribution >= 4 is 22.3 Å². The van der Waals surface area contributed by atoms with Crippen molar-refractivity contribution in [1.82, 2.24) is 19.5 Å². The minimum Gasteiger partial charge on any atom is -0.397 e. The maximum atomic E-state index is 11.6. The topological polar surface area (TPSA) is 102 Å². The number of nitrogen functional groups attached to an aromatic ring is 1. The van der Waals surface area contributed by atoms with Crippen LogP contribution in [-0.2, 0) is 6.54 Å². The zero-order chi connectivity index (χ0) is 13.9. The second-order valence-electron chi connectivity index (χ2n) is 4.42. The van der Waals surface area contributed by atoms with E-state index in [2.05, 4.69) is 20.3 Å². The number of imidazole rings is 1. The van der Waals surface area contributed by atoms with Crippen LogP contribution in [-0.4, -0.2) is 26.1 Å². The van der Waals surface area contributed by atoms with E-state index in [0.717, 1.165) is 12.2 Å². The molecule has 0 spiro atoms. The van der Waals surface area contributed by atoms with Crippen molar-refractivity contribution in [2.24, 2.45) is 0 Å². The normalized spacial score (nSPS) is 10.8. The van der Waals surface area contributed by atoms with Crippen LogP contribution in [0.15, 0.2) is 42.0 Å². The Morgan fingerprint density at radius 3 is 3.10 bits per heavy atom. The van der Waals surface area contributed by atoms with Gasteiger partial charge in [0.05, 0.1) is 34.9 Å². The molecule has 0 radical (unpaired) electrons. The van der Waals surface area contributed by atoms with Crippen LogP contribution in [0.25, 0.3) is 10.9 Å². The number of H-pyrrole nitrogens is 1. The van der Waals surface area contributed by atoms with Gasteiger partial charge in [0.15, 0.2) is 0 Å². The molecule has 2 aromatic heterocycles. The summed E-state index contributed by atoms with van der Waals surface area (Å²) in [6.45, 7) is 1.48. The Labute approximate surface area is 114 Å². The minimum absolute atomic E-state index is 0.188. The number of rotatable bonds is 4. The van der Waals surface area contributed by atoms with Crippen LogP contribution in [0.1, 0.15) is 0 Å². The molecule has 20 heavy (non-hydrogen) atoms. The van der Waals surface area contributed by atoms with Gasteiger partial charge in [-0.05, 0) is 12.1 Å². The molecule has 0 amide bonds. The van der Waals surface area contributed by atoms with Crippen LogP contribution in [0.3, 0.4) is 0 Å². The molecule has 0 aliphatic heterocycles. The highest BCUT2D eigenvalue weighted by Crippen LogP contribution is 2.22. The van der Waals surface area contributed by atoms with Crippen molar-refractivity contribution < 1.29 is 0 Å². The Morgan fingerprint density at radius 2 is 2.30 bits per heavy atom. The fourth-order valence-electron chi connectivity index (χ4n) is 2.02. The summed E-state index contributed by atoms with van der Waals surface area (Å²) in [5, 5.41) is 3.73. The number of benzene rings is 1. The maximum absolute atomic E-state index is 11.6. The SMILES string of the molecule is Nc1cc2c(=O)[nH]cnc2cc1NCCn1ccnc1. The molecule has 0 aliphatic carbocycles. The number of aromatic amines is 1. The standard InChI is InChI=1S/C13H14N6O/c14-10-5-9-11(17-7-18-13(9)20)6-12(10)16-2-4-19-3-1-15-8-19/h1,3,5-8,16H,2,4,14H2,(H,17,18,20). The van der Waals surface area contributed by atoms with Crippen molar-refractivity contribution in [2.75, 3.05) is 17.6 Å². The Bertz CT molecular complexity index is 777. The number of hydrogen-bond donors (Lipinski definition) is 3. The molecular formula is C13H14N6O. The summed E-state index contributed by atoms with van der Waals surface area (Å²) < 4.78 is 1.97. The summed E-state index contributed by atoms with van der Waals surface area (Å²) >= 11 is 0. The zero-order valence-electron chi connectivity index (χ0n) is 10.7. The molecule has 0 saturated carbocycles. The molecule has 0 atom stereocenters. The average molecular weight is 270 g/mol. The van der Waals surface area contributed by atoms with Gasteiger partial charge in [0.1, 0.15) is 0 Å². The van der Waals surface area contributed by atoms with Crippen molar-refractivity contribution in [3.63, 3.8) is 0 Å². The van der Waals surface area contributed by atoms with Gasteiger partial charge in [0, 0.05) is 25.5 Å². The third-order valence-corrected chi connectivity index (χ3v) is 3.06. The summed E-state index contributed by atoms with van der Waals surface area (Å²) in [5.41, 5.74) is 7.69. The highest BCUT2D eigenvalue weighted by Gasteiger charge is 2.05. The number of nitrogens with one attached hydrogen (secondary N) is 2. The molecule has 102 valence electrons. The Morgan fingerprint density at radius 1 is 1.40 bits per heavy atom. The molecule has 3 rings (SSSR count). The van der Waals surface area contributed by atoms with Crippen LogP contribution in [0.2, 0.25) is 0 Å². The van der Waals surface area contributed by atoms with E-state index in [1.54, 1.807) is 24.7 Å². The van der Waals surface area contributed by atoms with E-state index in [-0.39, 0.29) is 5.56 Å². The van der Waals surface area contributed by atoms with Gasteiger partial charge >= 0.3 is 0 Å². The predicted octanol–water partition coefficient (Wildman–Crippen LogP) is 0.814. The lowest BCUT2D eigenvalue weighted by Gasteiger charge is -2.10. The number of aromatic nitrogens is 4. The number of fused-ring (bicyclic) bond motifs is 1. The first-order valence-electron chi connectivity index (χ1n) is 6.20. The molecular weight excluding hydrogens is 256 g/mol. The number of nitrogens with two attached hydrogens (primary N) is 1. The summed E-state index contributed by atoms with van der Waals surface area (Å²) in [4.78, 5) is 22.3. The first-order valence-corrected chi connectivity index (χ1v) is 6.20. The lowest BCUT2D eigenvalue weighted by Crippen LogP contribution is -2.12. The van der Waals surface area contributed by atoms with Gasteiger partial charge in [-0.1, -0.05) is 0 Å². The van der Waals surface area contributed by atoms with Gasteiger partial charge in [-0.3, -0.25) is 4.79 Å². The summed E-state index contributed by atoms with van der Waals surface area (Å²) in [6, 6.07) is 3.43. The number of hydrogen-bond acceptors (Lipinski definition) is 5. The van der Waals surface area contributed by atoms with Crippen LogP contribution in [0.4, 0.5) is 11.4 Å². The van der Waals surface area contributed by atoms with Crippen molar-refractivity contribution in [2.45, 2.75) is 6.54 Å². The molecule has 0 unspecified atom stereocenters. The molecule has 0 fully saturated rings. The summed E-state index contributed by atoms with van der Waals surface area (Å²) in [6.07, 6.45) is 6.77. The van der Waals surface area contributed by atoms with Crippen LogP contribution < -0.4 is 16.6 Å². The number of nitrogens with zero attached hydrogens (tertiary/aromatic N) is 3. The second kappa shape index (κ2) is 5.04. The third-order valence-electron chi connectivity index (χ3n) is 3.06. The second-order valence-corrected chi connectivity index (χ2v) is 4.42. The van der Waals surface area contributed by atoms with Gasteiger partial charge in [0.2, 0.25) is 0 Å². The van der Waals surface area contributed by atoms with Crippen molar-refractivity contribution in [3.05, 3.63) is 47.5 Å². The minimum atomic E-state index is -0.188. The molecule has 2 heterocycles. The quantitative estimate of drug-likeness (QED) is 0.609. The van der Waals surface area contributed by atoms with E-state index >= 15 is 0 Å². The predicted molar refractivity (Wildman–Crippen MR) is 77.5 cm³/mol. The zero-order valence-corrected chi connectivity index (χ0v) is 10.7. The summed E-state index contributed by atoms with van der Waals surface area (Å²) in [7, 11) is 0. The molecule has 7 heteroatoms. The first kappa shape index (κ1) is 12.2. The third kappa shape index (κ3) is 2.33. The van der Waals surface area contributed by atoms with E-state index in [1.165, 1.54) is 6.33 Å². The maximum Gasteiger partial charge on any atom is 0.258 e. The lowest BCUT2D eigenvalue weighted by atomic mass is 10.2. The van der Waals surface area contributed by atoms with Crippen LogP contribution in [0, 0.1) is 0 Å². The Kier molecular flexibility index (Phi) is 3.08. The monoisotopic (exact) mass is 270 g/mol. The van der Waals surface area contributed by atoms with Gasteiger partial charge in [0.25, 0.3) is 5.56 Å². The molecule has 0 bridgehead atoms. The first-order chi connectivity index (χ1) is 9.74. The van der Waals surface area contributed by atoms with Gasteiger partial charge in [-0.25, -0.2) is 9.97 Å². The van der Waals surface area contributed by atoms with E-state index in [1.807, 2.05) is 10.8 Å². The fraction of sp³-hybridized carbons (Fsp3) is 0.154. The summed E-state index contributed by atoms with van der Waals surface area (Å²) in [5.74, 6) is 0. The van der Waals surface area contributed by atoms with Gasteiger partial charge in [-0.15, -0.1) is 0 Å². The van der Waals surface area contributed by atoms with E-state index in [4.69, 9.17) is 5.73 Å². The molecule has 7 nitrogen and oxygen atoms in total. The average Bonchev–Trinajstić information content (AvgIpc) is 2.94. The highest BCUT2D eigenvalue weighted by molar-refractivity contribution is 5.88. The van der Waals surface area contributed by atoms with E-state index in [9.17, 15) is 4.79 Å². The molecule has 0 saturated heterocycles. The molecule has 1 aromatic carbocycles. The van der Waals surface area contributed by atoms with Crippen molar-refractivity contribution in [1.29, 1.82) is 0 Å². The van der Waals surface area contributed by atoms with Gasteiger partial charge in [-0.2, -0.15) is 0 Å². The Balaban J connectivity index is 1.81. The molecule has 0 aliphatic rings. The van der Waals surface area contributed by atoms with E-state index < -0.39 is 0 Å². The van der Waals surface area contributed by atoms with E-state index in [0.29, 0.717) is 23.1 Å². The molecule has 4 N–H and O–H groups in total. The largest absolute Gasteiger partial charge is 0.397 e.